The van der Waals surface area contributed by atoms with Gasteiger partial charge in [-0.2, -0.15) is 0 Å². The number of aromatic amines is 1. The molecule has 2 aromatic rings. The summed E-state index contributed by atoms with van der Waals surface area (Å²) in [6, 6.07) is 8.13. The Morgan fingerprint density at radius 1 is 1.00 bits per heavy atom. The van der Waals surface area contributed by atoms with Crippen LogP contribution in [-0.2, 0) is 16.0 Å². The first-order chi connectivity index (χ1) is 12.1. The van der Waals surface area contributed by atoms with Crippen LogP contribution in [0, 0.1) is 0 Å². The van der Waals surface area contributed by atoms with Crippen LogP contribution >= 0.6 is 0 Å². The Labute approximate surface area is 150 Å². The van der Waals surface area contributed by atoms with E-state index in [0.717, 1.165) is 37.9 Å². The van der Waals surface area contributed by atoms with Crippen molar-refractivity contribution in [2.24, 2.45) is 0 Å². The third kappa shape index (κ3) is 5.08. The third-order valence-corrected chi connectivity index (χ3v) is 4.44. The zero-order valence-electron chi connectivity index (χ0n) is 15.5. The van der Waals surface area contributed by atoms with E-state index in [4.69, 9.17) is 0 Å². The van der Waals surface area contributed by atoms with Gasteiger partial charge in [-0.25, -0.2) is 0 Å². The quantitative estimate of drug-likeness (QED) is 0.760. The highest BCUT2D eigenvalue weighted by Gasteiger charge is 2.18. The Bertz CT molecular complexity index is 702. The molecule has 0 fully saturated rings. The van der Waals surface area contributed by atoms with Gasteiger partial charge in [0.25, 0.3) is 0 Å². The maximum atomic E-state index is 12.5. The summed E-state index contributed by atoms with van der Waals surface area (Å²) in [4.78, 5) is 31.3. The molecule has 2 amide bonds. The lowest BCUT2D eigenvalue weighted by Crippen LogP contribution is -2.43. The summed E-state index contributed by atoms with van der Waals surface area (Å²) < 4.78 is 0. The molecule has 2 rings (SSSR count). The minimum absolute atomic E-state index is 0.0397. The van der Waals surface area contributed by atoms with E-state index in [9.17, 15) is 9.59 Å². The summed E-state index contributed by atoms with van der Waals surface area (Å²) in [6.07, 6.45) is 4.59. The summed E-state index contributed by atoms with van der Waals surface area (Å²) in [5.41, 5.74) is 2.27. The van der Waals surface area contributed by atoms with Crippen molar-refractivity contribution in [3.8, 4) is 0 Å². The monoisotopic (exact) mass is 343 g/mol. The molecule has 1 aromatic heterocycles. The minimum atomic E-state index is -0.0545. The van der Waals surface area contributed by atoms with E-state index in [1.54, 1.807) is 4.90 Å². The van der Waals surface area contributed by atoms with Crippen molar-refractivity contribution in [2.75, 3.05) is 26.2 Å². The fraction of sp³-hybridized carbons (Fsp3) is 0.500. The second kappa shape index (κ2) is 9.25. The zero-order chi connectivity index (χ0) is 18.2. The van der Waals surface area contributed by atoms with Crippen LogP contribution in [0.15, 0.2) is 30.5 Å². The highest BCUT2D eigenvalue weighted by atomic mass is 16.2. The molecule has 1 aromatic carbocycles. The van der Waals surface area contributed by atoms with E-state index in [1.165, 1.54) is 17.9 Å². The van der Waals surface area contributed by atoms with Crippen molar-refractivity contribution >= 4 is 22.7 Å². The predicted octanol–water partition coefficient (Wildman–Crippen LogP) is 3.21. The lowest BCUT2D eigenvalue weighted by molar-refractivity contribution is -0.139. The average Bonchev–Trinajstić information content (AvgIpc) is 3.01. The highest BCUT2D eigenvalue weighted by molar-refractivity contribution is 5.84. The molecule has 0 aliphatic heterocycles. The van der Waals surface area contributed by atoms with Gasteiger partial charge in [-0.1, -0.05) is 32.0 Å². The molecular weight excluding hydrogens is 314 g/mol. The molecule has 0 bridgehead atoms. The molecule has 0 saturated carbocycles. The smallest absolute Gasteiger partial charge is 0.242 e. The van der Waals surface area contributed by atoms with E-state index in [-0.39, 0.29) is 18.4 Å². The summed E-state index contributed by atoms with van der Waals surface area (Å²) in [5.74, 6) is -0.0148. The Kier molecular flexibility index (Phi) is 7.04. The van der Waals surface area contributed by atoms with Crippen LogP contribution in [0.1, 0.15) is 39.2 Å². The van der Waals surface area contributed by atoms with E-state index in [1.807, 2.05) is 29.3 Å². The number of nitrogens with one attached hydrogen (secondary N) is 1. The van der Waals surface area contributed by atoms with Gasteiger partial charge in [0, 0.05) is 43.7 Å². The fourth-order valence-electron chi connectivity index (χ4n) is 3.11. The number of hydrogen-bond acceptors (Lipinski definition) is 2. The molecule has 0 atom stereocenters. The molecule has 5 nitrogen and oxygen atoms in total. The molecule has 0 spiro atoms. The van der Waals surface area contributed by atoms with Crippen LogP contribution in [0.5, 0.6) is 0 Å². The summed E-state index contributed by atoms with van der Waals surface area (Å²) in [6.45, 7) is 7.88. The number of rotatable bonds is 9. The zero-order valence-corrected chi connectivity index (χ0v) is 15.5. The Morgan fingerprint density at radius 3 is 2.32 bits per heavy atom. The summed E-state index contributed by atoms with van der Waals surface area (Å²) >= 11 is 0. The van der Waals surface area contributed by atoms with E-state index < -0.39 is 0 Å². The van der Waals surface area contributed by atoms with Gasteiger partial charge < -0.3 is 14.8 Å². The Hall–Kier alpha value is -2.30. The van der Waals surface area contributed by atoms with Crippen molar-refractivity contribution in [1.29, 1.82) is 0 Å². The SMILES string of the molecule is CCCN(CCC)C(=O)CN(CCc1c[nH]c2ccccc12)C(C)=O. The van der Waals surface area contributed by atoms with Crippen LogP contribution in [0.4, 0.5) is 0 Å². The van der Waals surface area contributed by atoms with Crippen LogP contribution in [0.25, 0.3) is 10.9 Å². The molecule has 0 unspecified atom stereocenters. The number of carbonyl (C=O) groups is 2. The van der Waals surface area contributed by atoms with Gasteiger partial charge in [0.15, 0.2) is 0 Å². The first kappa shape index (κ1) is 19.0. The van der Waals surface area contributed by atoms with Crippen molar-refractivity contribution in [3.63, 3.8) is 0 Å². The number of carbonyl (C=O) groups excluding carboxylic acids is 2. The van der Waals surface area contributed by atoms with Gasteiger partial charge in [0.2, 0.25) is 11.8 Å². The van der Waals surface area contributed by atoms with Crippen molar-refractivity contribution in [3.05, 3.63) is 36.0 Å². The molecular formula is C20H29N3O2. The maximum Gasteiger partial charge on any atom is 0.242 e. The number of para-hydroxylation sites is 1. The van der Waals surface area contributed by atoms with Gasteiger partial charge in [-0.3, -0.25) is 9.59 Å². The van der Waals surface area contributed by atoms with Crippen molar-refractivity contribution in [2.45, 2.75) is 40.0 Å². The summed E-state index contributed by atoms with van der Waals surface area (Å²) in [7, 11) is 0. The third-order valence-electron chi connectivity index (χ3n) is 4.44. The molecule has 0 aliphatic rings. The molecule has 0 saturated heterocycles. The van der Waals surface area contributed by atoms with Gasteiger partial charge in [0.05, 0.1) is 6.54 Å². The van der Waals surface area contributed by atoms with E-state index in [2.05, 4.69) is 24.9 Å². The second-order valence-corrected chi connectivity index (χ2v) is 6.43. The van der Waals surface area contributed by atoms with Gasteiger partial charge in [0.1, 0.15) is 0 Å². The number of fused-ring (bicyclic) bond motifs is 1. The molecule has 0 aliphatic carbocycles. The number of benzene rings is 1. The van der Waals surface area contributed by atoms with Crippen molar-refractivity contribution < 1.29 is 9.59 Å². The molecule has 1 heterocycles. The minimum Gasteiger partial charge on any atom is -0.361 e. The normalized spacial score (nSPS) is 10.8. The first-order valence-electron chi connectivity index (χ1n) is 9.15. The first-order valence-corrected chi connectivity index (χ1v) is 9.15. The lowest BCUT2D eigenvalue weighted by atomic mass is 10.1. The predicted molar refractivity (Wildman–Crippen MR) is 101 cm³/mol. The standard InChI is InChI=1S/C20H29N3O2/c1-4-11-22(12-5-2)20(25)15-23(16(3)24)13-10-17-14-21-19-9-7-6-8-18(17)19/h6-9,14,21H,4-5,10-13,15H2,1-3H3. The summed E-state index contributed by atoms with van der Waals surface area (Å²) in [5, 5.41) is 1.18. The Balaban J connectivity index is 2.00. The number of H-pyrrole nitrogens is 1. The highest BCUT2D eigenvalue weighted by Crippen LogP contribution is 2.18. The van der Waals surface area contributed by atoms with Gasteiger partial charge in [-0.05, 0) is 30.9 Å². The van der Waals surface area contributed by atoms with E-state index in [0.29, 0.717) is 6.54 Å². The second-order valence-electron chi connectivity index (χ2n) is 6.43. The van der Waals surface area contributed by atoms with Crippen LogP contribution in [0.3, 0.4) is 0 Å². The number of amides is 2. The lowest BCUT2D eigenvalue weighted by Gasteiger charge is -2.26. The topological polar surface area (TPSA) is 56.4 Å². The molecule has 25 heavy (non-hydrogen) atoms. The van der Waals surface area contributed by atoms with Gasteiger partial charge >= 0.3 is 0 Å². The maximum absolute atomic E-state index is 12.5. The molecule has 0 radical (unpaired) electrons. The van der Waals surface area contributed by atoms with E-state index >= 15 is 0 Å². The fourth-order valence-corrected chi connectivity index (χ4v) is 3.11. The van der Waals surface area contributed by atoms with Crippen LogP contribution in [0.2, 0.25) is 0 Å². The number of aromatic nitrogens is 1. The largest absolute Gasteiger partial charge is 0.361 e. The average molecular weight is 343 g/mol. The molecule has 136 valence electrons. The van der Waals surface area contributed by atoms with Gasteiger partial charge in [-0.15, -0.1) is 0 Å². The molecule has 5 heteroatoms. The van der Waals surface area contributed by atoms with Crippen molar-refractivity contribution in [1.82, 2.24) is 14.8 Å². The Morgan fingerprint density at radius 2 is 1.68 bits per heavy atom. The van der Waals surface area contributed by atoms with Crippen LogP contribution < -0.4 is 0 Å². The van der Waals surface area contributed by atoms with Crippen LogP contribution in [-0.4, -0.2) is 52.8 Å². The number of hydrogen-bond donors (Lipinski definition) is 1. The number of nitrogens with zero attached hydrogens (tertiary/aromatic N) is 2. The molecule has 1 N–H and O–H groups in total.